The number of carboxylic acids is 1. The first kappa shape index (κ1) is 17.7. The van der Waals surface area contributed by atoms with Crippen LogP contribution in [-0.2, 0) is 29.8 Å². The van der Waals surface area contributed by atoms with Crippen LogP contribution in [0.4, 0.5) is 0 Å². The van der Waals surface area contributed by atoms with E-state index in [9.17, 15) is 9.90 Å². The van der Waals surface area contributed by atoms with Gasteiger partial charge in [-0.25, -0.2) is 0 Å². The summed E-state index contributed by atoms with van der Waals surface area (Å²) < 4.78 is 1.97. The van der Waals surface area contributed by atoms with Gasteiger partial charge in [0, 0.05) is 43.4 Å². The lowest BCUT2D eigenvalue weighted by molar-refractivity contribution is -0.139. The predicted octanol–water partition coefficient (Wildman–Crippen LogP) is 3.38. The third-order valence-corrected chi connectivity index (χ3v) is 4.83. The third-order valence-electron chi connectivity index (χ3n) is 4.83. The Morgan fingerprint density at radius 3 is 2.68 bits per heavy atom. The van der Waals surface area contributed by atoms with Crippen molar-refractivity contribution in [3.05, 3.63) is 52.8 Å². The minimum absolute atomic E-state index is 0.0321. The second-order valence-corrected chi connectivity index (χ2v) is 7.87. The molecular weight excluding hydrogens is 314 g/mol. The second-order valence-electron chi connectivity index (χ2n) is 7.87. The van der Waals surface area contributed by atoms with Crippen LogP contribution in [0.15, 0.2) is 30.5 Å². The lowest BCUT2D eigenvalue weighted by atomic mass is 9.87. The quantitative estimate of drug-likeness (QED) is 0.926. The number of fused-ring (bicyclic) bond motifs is 1. The topological polar surface area (TPSA) is 58.4 Å². The van der Waals surface area contributed by atoms with E-state index < -0.39 is 11.9 Å². The number of aryl methyl sites for hydroxylation is 1. The maximum atomic E-state index is 11.7. The summed E-state index contributed by atoms with van der Waals surface area (Å²) in [6.45, 7) is 11.5. The van der Waals surface area contributed by atoms with Gasteiger partial charge in [-0.05, 0) is 18.1 Å². The molecule has 5 nitrogen and oxygen atoms in total. The first-order chi connectivity index (χ1) is 11.8. The maximum Gasteiger partial charge on any atom is 0.312 e. The molecule has 3 rings (SSSR count). The van der Waals surface area contributed by atoms with Crippen molar-refractivity contribution in [3.8, 4) is 0 Å². The van der Waals surface area contributed by atoms with E-state index in [-0.39, 0.29) is 5.41 Å². The standard InChI is InChI=1S/C20H27N3O2/c1-5-23-12-15(18(21-23)20(2,3)4)11-22-10-14-8-6-7-9-16(14)17(13-22)19(24)25/h6-9,12,17H,5,10-11,13H2,1-4H3,(H,24,25). The van der Waals surface area contributed by atoms with Crippen molar-refractivity contribution in [2.45, 2.75) is 58.7 Å². The molecule has 2 aromatic rings. The first-order valence-electron chi connectivity index (χ1n) is 8.89. The molecule has 0 spiro atoms. The molecule has 1 N–H and O–H groups in total. The Morgan fingerprint density at radius 1 is 1.32 bits per heavy atom. The maximum absolute atomic E-state index is 11.7. The molecule has 0 fully saturated rings. The van der Waals surface area contributed by atoms with Gasteiger partial charge in [-0.1, -0.05) is 45.0 Å². The molecule has 0 bridgehead atoms. The van der Waals surface area contributed by atoms with Crippen LogP contribution in [0.5, 0.6) is 0 Å². The molecule has 25 heavy (non-hydrogen) atoms. The zero-order chi connectivity index (χ0) is 18.2. The lowest BCUT2D eigenvalue weighted by Gasteiger charge is -2.33. The highest BCUT2D eigenvalue weighted by Crippen LogP contribution is 2.31. The Bertz CT molecular complexity index is 773. The van der Waals surface area contributed by atoms with Crippen molar-refractivity contribution in [1.29, 1.82) is 0 Å². The molecule has 0 amide bonds. The van der Waals surface area contributed by atoms with Gasteiger partial charge in [0.15, 0.2) is 0 Å². The van der Waals surface area contributed by atoms with Gasteiger partial charge in [0.2, 0.25) is 0 Å². The van der Waals surface area contributed by atoms with Crippen LogP contribution >= 0.6 is 0 Å². The summed E-state index contributed by atoms with van der Waals surface area (Å²) in [6.07, 6.45) is 2.11. The zero-order valence-electron chi connectivity index (χ0n) is 15.5. The Labute approximate surface area is 149 Å². The monoisotopic (exact) mass is 341 g/mol. The molecule has 0 saturated carbocycles. The lowest BCUT2D eigenvalue weighted by Crippen LogP contribution is -2.36. The zero-order valence-corrected chi connectivity index (χ0v) is 15.5. The molecule has 1 aliphatic heterocycles. The van der Waals surface area contributed by atoms with Gasteiger partial charge in [0.1, 0.15) is 0 Å². The van der Waals surface area contributed by atoms with Crippen molar-refractivity contribution in [2.24, 2.45) is 0 Å². The van der Waals surface area contributed by atoms with Crippen LogP contribution in [0, 0.1) is 0 Å². The van der Waals surface area contributed by atoms with Crippen LogP contribution in [0.2, 0.25) is 0 Å². The van der Waals surface area contributed by atoms with Crippen molar-refractivity contribution in [2.75, 3.05) is 6.54 Å². The number of carbonyl (C=O) groups is 1. The first-order valence-corrected chi connectivity index (χ1v) is 8.89. The molecule has 1 unspecified atom stereocenters. The number of aromatic nitrogens is 2. The molecule has 5 heteroatoms. The van der Waals surface area contributed by atoms with E-state index in [0.29, 0.717) is 6.54 Å². The summed E-state index contributed by atoms with van der Waals surface area (Å²) in [4.78, 5) is 14.0. The molecular formula is C20H27N3O2. The summed E-state index contributed by atoms with van der Waals surface area (Å²) in [5.74, 6) is -1.22. The van der Waals surface area contributed by atoms with Crippen molar-refractivity contribution < 1.29 is 9.90 Å². The van der Waals surface area contributed by atoms with E-state index in [2.05, 4.69) is 38.8 Å². The fourth-order valence-electron chi connectivity index (χ4n) is 3.62. The molecule has 1 aliphatic rings. The number of nitrogens with zero attached hydrogens (tertiary/aromatic N) is 3. The number of hydrogen-bond acceptors (Lipinski definition) is 3. The van der Waals surface area contributed by atoms with Crippen molar-refractivity contribution in [1.82, 2.24) is 14.7 Å². The molecule has 0 saturated heterocycles. The summed E-state index contributed by atoms with van der Waals surface area (Å²) in [7, 11) is 0. The van der Waals surface area contributed by atoms with Gasteiger partial charge in [-0.15, -0.1) is 0 Å². The summed E-state index contributed by atoms with van der Waals surface area (Å²) in [5.41, 5.74) is 4.32. The van der Waals surface area contributed by atoms with E-state index in [0.717, 1.165) is 36.5 Å². The fourth-order valence-corrected chi connectivity index (χ4v) is 3.62. The Hall–Kier alpha value is -2.14. The van der Waals surface area contributed by atoms with E-state index in [4.69, 9.17) is 5.10 Å². The largest absolute Gasteiger partial charge is 0.481 e. The minimum Gasteiger partial charge on any atom is -0.481 e. The van der Waals surface area contributed by atoms with E-state index >= 15 is 0 Å². The van der Waals surface area contributed by atoms with Gasteiger partial charge in [0.05, 0.1) is 11.6 Å². The molecule has 1 aromatic heterocycles. The predicted molar refractivity (Wildman–Crippen MR) is 97.5 cm³/mol. The number of hydrogen-bond donors (Lipinski definition) is 1. The van der Waals surface area contributed by atoms with Crippen LogP contribution in [-0.4, -0.2) is 32.3 Å². The average Bonchev–Trinajstić information content (AvgIpc) is 2.97. The molecule has 2 heterocycles. The van der Waals surface area contributed by atoms with Gasteiger partial charge >= 0.3 is 5.97 Å². The number of aliphatic carboxylic acids is 1. The Balaban J connectivity index is 1.90. The highest BCUT2D eigenvalue weighted by atomic mass is 16.4. The van der Waals surface area contributed by atoms with Crippen LogP contribution in [0.1, 0.15) is 56.0 Å². The summed E-state index contributed by atoms with van der Waals surface area (Å²) in [6, 6.07) is 7.89. The Morgan fingerprint density at radius 2 is 2.04 bits per heavy atom. The van der Waals surface area contributed by atoms with Crippen LogP contribution < -0.4 is 0 Å². The van der Waals surface area contributed by atoms with Gasteiger partial charge in [-0.2, -0.15) is 5.10 Å². The van der Waals surface area contributed by atoms with Crippen molar-refractivity contribution in [3.63, 3.8) is 0 Å². The SMILES string of the molecule is CCn1cc(CN2Cc3ccccc3C(C(=O)O)C2)c(C(C)(C)C)n1. The molecule has 0 radical (unpaired) electrons. The minimum atomic E-state index is -0.752. The van der Waals surface area contributed by atoms with E-state index in [1.165, 1.54) is 5.56 Å². The highest BCUT2D eigenvalue weighted by molar-refractivity contribution is 5.77. The molecule has 1 aromatic carbocycles. The summed E-state index contributed by atoms with van der Waals surface area (Å²) >= 11 is 0. The van der Waals surface area contributed by atoms with Crippen LogP contribution in [0.3, 0.4) is 0 Å². The highest BCUT2D eigenvalue weighted by Gasteiger charge is 2.31. The van der Waals surface area contributed by atoms with E-state index in [1.54, 1.807) is 0 Å². The molecule has 0 aliphatic carbocycles. The number of benzene rings is 1. The molecule has 1 atom stereocenters. The normalized spacial score (nSPS) is 18.2. The van der Waals surface area contributed by atoms with Gasteiger partial charge < -0.3 is 5.11 Å². The van der Waals surface area contributed by atoms with Gasteiger partial charge in [-0.3, -0.25) is 14.4 Å². The van der Waals surface area contributed by atoms with Gasteiger partial charge in [0.25, 0.3) is 0 Å². The number of carboxylic acid groups (broad SMARTS) is 1. The smallest absolute Gasteiger partial charge is 0.312 e. The second kappa shape index (κ2) is 6.64. The third kappa shape index (κ3) is 3.61. The average molecular weight is 341 g/mol. The van der Waals surface area contributed by atoms with E-state index in [1.807, 2.05) is 28.9 Å². The Kier molecular flexibility index (Phi) is 4.69. The number of rotatable bonds is 4. The fraction of sp³-hybridized carbons (Fsp3) is 0.500. The van der Waals surface area contributed by atoms with Crippen molar-refractivity contribution >= 4 is 5.97 Å². The molecule has 134 valence electrons. The summed E-state index contributed by atoms with van der Waals surface area (Å²) in [5, 5.41) is 14.4. The van der Waals surface area contributed by atoms with Crippen LogP contribution in [0.25, 0.3) is 0 Å².